The summed E-state index contributed by atoms with van der Waals surface area (Å²) in [7, 11) is 0. The van der Waals surface area contributed by atoms with E-state index < -0.39 is 5.97 Å². The zero-order valence-electron chi connectivity index (χ0n) is 13.2. The van der Waals surface area contributed by atoms with E-state index >= 15 is 0 Å². The number of hydrogen-bond donors (Lipinski definition) is 0. The van der Waals surface area contributed by atoms with Gasteiger partial charge in [0.15, 0.2) is 0 Å². The van der Waals surface area contributed by atoms with E-state index in [1.54, 1.807) is 50.4 Å². The molecule has 6 heteroatoms. The van der Waals surface area contributed by atoms with Crippen molar-refractivity contribution >= 4 is 16.9 Å². The monoisotopic (exact) mass is 322 g/mol. The number of carbonyl (C=O) groups excluding carboxylic acids is 1. The molecule has 1 aromatic carbocycles. The van der Waals surface area contributed by atoms with Gasteiger partial charge >= 0.3 is 5.97 Å². The van der Waals surface area contributed by atoms with Crippen molar-refractivity contribution in [1.82, 2.24) is 4.98 Å². The molecule has 0 saturated heterocycles. The normalized spacial score (nSPS) is 10.4. The second kappa shape index (κ2) is 6.42. The van der Waals surface area contributed by atoms with Crippen molar-refractivity contribution in [3.05, 3.63) is 53.4 Å². The van der Waals surface area contributed by atoms with Gasteiger partial charge in [0.05, 0.1) is 12.0 Å². The number of hydrogen-bond acceptors (Lipinski definition) is 6. The number of esters is 1. The Bertz CT molecular complexity index is 953. The molecule has 0 fully saturated rings. The van der Waals surface area contributed by atoms with Gasteiger partial charge in [-0.15, -0.1) is 0 Å². The fourth-order valence-corrected chi connectivity index (χ4v) is 2.40. The third kappa shape index (κ3) is 2.68. The lowest BCUT2D eigenvalue weighted by molar-refractivity contribution is 0.0491. The van der Waals surface area contributed by atoms with Gasteiger partial charge in [-0.05, 0) is 38.1 Å². The highest BCUT2D eigenvalue weighted by Gasteiger charge is 2.21. The van der Waals surface area contributed by atoms with Crippen LogP contribution in [0.3, 0.4) is 0 Å². The number of fused-ring (bicyclic) bond motifs is 1. The van der Waals surface area contributed by atoms with Crippen molar-refractivity contribution in [3.8, 4) is 17.7 Å². The topological polar surface area (TPSA) is 85.3 Å². The molecule has 0 aliphatic carbocycles. The minimum Gasteiger partial charge on any atom is -0.460 e. The fraction of sp³-hybridized carbons (Fsp3) is 0.167. The van der Waals surface area contributed by atoms with E-state index in [2.05, 4.69) is 4.98 Å². The number of rotatable bonds is 4. The lowest BCUT2D eigenvalue weighted by Gasteiger charge is -2.07. The standard InChI is InChI=1S/C18H14N2O4/c1-3-22-18(21)16-11(2)15-13(23-16)7-4-8-14(15)24-17-12(10-19)6-5-9-20-17/h4-9H,3H2,1-2H3. The Hall–Kier alpha value is -3.33. The second-order valence-corrected chi connectivity index (χ2v) is 4.98. The Balaban J connectivity index is 2.09. The van der Waals surface area contributed by atoms with Gasteiger partial charge in [-0.2, -0.15) is 5.26 Å². The van der Waals surface area contributed by atoms with Gasteiger partial charge in [-0.1, -0.05) is 6.07 Å². The first kappa shape index (κ1) is 15.6. The largest absolute Gasteiger partial charge is 0.460 e. The van der Waals surface area contributed by atoms with Gasteiger partial charge in [0.1, 0.15) is 23.0 Å². The van der Waals surface area contributed by atoms with E-state index in [4.69, 9.17) is 19.2 Å². The van der Waals surface area contributed by atoms with E-state index in [1.807, 2.05) is 6.07 Å². The van der Waals surface area contributed by atoms with E-state index in [1.165, 1.54) is 0 Å². The zero-order chi connectivity index (χ0) is 17.1. The minimum absolute atomic E-state index is 0.143. The Morgan fingerprint density at radius 3 is 2.92 bits per heavy atom. The number of carbonyl (C=O) groups is 1. The number of ether oxygens (including phenoxy) is 2. The molecule has 24 heavy (non-hydrogen) atoms. The molecule has 0 spiro atoms. The van der Waals surface area contributed by atoms with Gasteiger partial charge in [0, 0.05) is 11.8 Å². The summed E-state index contributed by atoms with van der Waals surface area (Å²) < 4.78 is 16.4. The Labute approximate surface area is 138 Å². The maximum absolute atomic E-state index is 12.0. The summed E-state index contributed by atoms with van der Waals surface area (Å²) in [6.07, 6.45) is 1.54. The predicted octanol–water partition coefficient (Wildman–Crippen LogP) is 3.98. The first-order chi connectivity index (χ1) is 11.7. The van der Waals surface area contributed by atoms with Crippen molar-refractivity contribution < 1.29 is 18.7 Å². The summed E-state index contributed by atoms with van der Waals surface area (Å²) in [6.45, 7) is 3.75. The first-order valence-electron chi connectivity index (χ1n) is 7.38. The fourth-order valence-electron chi connectivity index (χ4n) is 2.40. The molecule has 0 amide bonds. The molecule has 3 rings (SSSR count). The van der Waals surface area contributed by atoms with Crippen molar-refractivity contribution in [2.75, 3.05) is 6.61 Å². The molecule has 0 aliphatic rings. The molecule has 0 atom stereocenters. The molecule has 0 N–H and O–H groups in total. The number of nitriles is 1. The quantitative estimate of drug-likeness (QED) is 0.675. The van der Waals surface area contributed by atoms with Crippen LogP contribution < -0.4 is 4.74 Å². The highest BCUT2D eigenvalue weighted by atomic mass is 16.5. The number of furan rings is 1. The Morgan fingerprint density at radius 1 is 1.33 bits per heavy atom. The van der Waals surface area contributed by atoms with Crippen molar-refractivity contribution in [2.45, 2.75) is 13.8 Å². The summed E-state index contributed by atoms with van der Waals surface area (Å²) in [5.74, 6) is 0.280. The van der Waals surface area contributed by atoms with Crippen molar-refractivity contribution in [3.63, 3.8) is 0 Å². The van der Waals surface area contributed by atoms with Crippen LogP contribution in [0.2, 0.25) is 0 Å². The summed E-state index contributed by atoms with van der Waals surface area (Å²) in [5.41, 5.74) is 1.44. The molecule has 0 unspecified atom stereocenters. The number of nitrogens with zero attached hydrogens (tertiary/aromatic N) is 2. The third-order valence-electron chi connectivity index (χ3n) is 3.47. The highest BCUT2D eigenvalue weighted by molar-refractivity contribution is 5.98. The van der Waals surface area contributed by atoms with Crippen LogP contribution in [0.25, 0.3) is 11.0 Å². The number of aromatic nitrogens is 1. The van der Waals surface area contributed by atoms with Crippen LogP contribution in [0.15, 0.2) is 40.9 Å². The van der Waals surface area contributed by atoms with Crippen LogP contribution in [0.4, 0.5) is 0 Å². The SMILES string of the molecule is CCOC(=O)c1oc2cccc(Oc3ncccc3C#N)c2c1C. The van der Waals surface area contributed by atoms with Gasteiger partial charge < -0.3 is 13.9 Å². The maximum Gasteiger partial charge on any atom is 0.374 e. The highest BCUT2D eigenvalue weighted by Crippen LogP contribution is 2.36. The van der Waals surface area contributed by atoms with E-state index in [0.29, 0.717) is 27.8 Å². The zero-order valence-corrected chi connectivity index (χ0v) is 13.2. The molecule has 2 heterocycles. The lowest BCUT2D eigenvalue weighted by atomic mass is 10.1. The molecule has 120 valence electrons. The molecular weight excluding hydrogens is 308 g/mol. The summed E-state index contributed by atoms with van der Waals surface area (Å²) in [4.78, 5) is 16.1. The van der Waals surface area contributed by atoms with Gasteiger partial charge in [0.2, 0.25) is 11.6 Å². The van der Waals surface area contributed by atoms with Crippen molar-refractivity contribution in [2.24, 2.45) is 0 Å². The van der Waals surface area contributed by atoms with Gasteiger partial charge in [-0.3, -0.25) is 0 Å². The minimum atomic E-state index is -0.521. The first-order valence-corrected chi connectivity index (χ1v) is 7.38. The third-order valence-corrected chi connectivity index (χ3v) is 3.47. The molecule has 3 aromatic rings. The lowest BCUT2D eigenvalue weighted by Crippen LogP contribution is -2.04. The molecule has 0 bridgehead atoms. The summed E-state index contributed by atoms with van der Waals surface area (Å²) in [6, 6.07) is 10.5. The number of pyridine rings is 1. The second-order valence-electron chi connectivity index (χ2n) is 4.98. The van der Waals surface area contributed by atoms with Crippen LogP contribution in [0.5, 0.6) is 11.6 Å². The van der Waals surface area contributed by atoms with Gasteiger partial charge in [0.25, 0.3) is 0 Å². The van der Waals surface area contributed by atoms with E-state index in [-0.39, 0.29) is 18.2 Å². The smallest absolute Gasteiger partial charge is 0.374 e. The molecule has 0 saturated carbocycles. The van der Waals surface area contributed by atoms with Crippen LogP contribution in [0.1, 0.15) is 28.6 Å². The Morgan fingerprint density at radius 2 is 2.17 bits per heavy atom. The number of aryl methyl sites for hydroxylation is 1. The Kier molecular flexibility index (Phi) is 4.17. The van der Waals surface area contributed by atoms with Crippen LogP contribution in [-0.2, 0) is 4.74 Å². The average molecular weight is 322 g/mol. The maximum atomic E-state index is 12.0. The molecule has 0 aliphatic heterocycles. The molecule has 6 nitrogen and oxygen atoms in total. The molecular formula is C18H14N2O4. The summed E-state index contributed by atoms with van der Waals surface area (Å²) in [5, 5.41) is 9.80. The molecule has 0 radical (unpaired) electrons. The van der Waals surface area contributed by atoms with Crippen LogP contribution in [0, 0.1) is 18.3 Å². The number of benzene rings is 1. The van der Waals surface area contributed by atoms with Crippen LogP contribution in [-0.4, -0.2) is 17.6 Å². The van der Waals surface area contributed by atoms with Crippen LogP contribution >= 0.6 is 0 Å². The molecule has 2 aromatic heterocycles. The van der Waals surface area contributed by atoms with E-state index in [9.17, 15) is 4.79 Å². The van der Waals surface area contributed by atoms with Crippen molar-refractivity contribution in [1.29, 1.82) is 5.26 Å². The van der Waals surface area contributed by atoms with E-state index in [0.717, 1.165) is 0 Å². The summed E-state index contributed by atoms with van der Waals surface area (Å²) >= 11 is 0. The predicted molar refractivity (Wildman–Crippen MR) is 85.9 cm³/mol. The average Bonchev–Trinajstić information content (AvgIpc) is 2.94. The van der Waals surface area contributed by atoms with Gasteiger partial charge in [-0.25, -0.2) is 9.78 Å².